The van der Waals surface area contributed by atoms with Gasteiger partial charge in [-0.1, -0.05) is 23.4 Å². The number of hydrogen-bond donors (Lipinski definition) is 2. The smallest absolute Gasteiger partial charge is 0.110 e. The lowest BCUT2D eigenvalue weighted by molar-refractivity contribution is 0.554. The predicted octanol–water partition coefficient (Wildman–Crippen LogP) is -0.0515. The van der Waals surface area contributed by atoms with Crippen molar-refractivity contribution >= 4 is 0 Å². The second kappa shape index (κ2) is 5.19. The molecule has 8 heteroatoms. The minimum absolute atomic E-state index is 0.313. The summed E-state index contributed by atoms with van der Waals surface area (Å²) in [5.41, 5.74) is 5.11. The fourth-order valence-corrected chi connectivity index (χ4v) is 1.97. The molecule has 0 aliphatic carbocycles. The predicted molar refractivity (Wildman–Crippen MR) is 71.5 cm³/mol. The van der Waals surface area contributed by atoms with E-state index >= 15 is 0 Å². The van der Waals surface area contributed by atoms with Crippen molar-refractivity contribution in [3.05, 3.63) is 54.1 Å². The maximum absolute atomic E-state index is 5.62. The van der Waals surface area contributed by atoms with E-state index in [-0.39, 0.29) is 6.04 Å². The van der Waals surface area contributed by atoms with Gasteiger partial charge in [0, 0.05) is 7.05 Å². The van der Waals surface area contributed by atoms with Crippen LogP contribution >= 0.6 is 0 Å². The van der Waals surface area contributed by atoms with E-state index in [0.29, 0.717) is 5.69 Å². The molecule has 2 aromatic heterocycles. The van der Waals surface area contributed by atoms with E-state index < -0.39 is 0 Å². The summed E-state index contributed by atoms with van der Waals surface area (Å²) in [7, 11) is 1.80. The van der Waals surface area contributed by atoms with Crippen LogP contribution in [0, 0.1) is 0 Å². The Morgan fingerprint density at radius 3 is 2.65 bits per heavy atom. The van der Waals surface area contributed by atoms with E-state index in [1.54, 1.807) is 28.9 Å². The maximum Gasteiger partial charge on any atom is 0.110 e. The minimum Gasteiger partial charge on any atom is -0.270 e. The fraction of sp³-hybridized carbons (Fsp3) is 0.167. The first-order valence-corrected chi connectivity index (χ1v) is 6.08. The van der Waals surface area contributed by atoms with Crippen LogP contribution in [0.2, 0.25) is 0 Å². The number of hydrazine groups is 1. The van der Waals surface area contributed by atoms with Crippen molar-refractivity contribution in [3.63, 3.8) is 0 Å². The molecule has 102 valence electrons. The first kappa shape index (κ1) is 12.5. The lowest BCUT2D eigenvalue weighted by Gasteiger charge is -2.12. The van der Waals surface area contributed by atoms with Crippen molar-refractivity contribution in [2.24, 2.45) is 12.9 Å². The van der Waals surface area contributed by atoms with Crippen LogP contribution in [0.4, 0.5) is 0 Å². The molecule has 8 nitrogen and oxygen atoms in total. The monoisotopic (exact) mass is 270 g/mol. The zero-order chi connectivity index (χ0) is 13.9. The van der Waals surface area contributed by atoms with Crippen LogP contribution in [0.3, 0.4) is 0 Å². The van der Waals surface area contributed by atoms with Crippen LogP contribution < -0.4 is 11.3 Å². The number of aromatic nitrogens is 6. The van der Waals surface area contributed by atoms with Gasteiger partial charge in [0.15, 0.2) is 0 Å². The Balaban J connectivity index is 1.95. The number of rotatable bonds is 4. The van der Waals surface area contributed by atoms with Gasteiger partial charge in [-0.2, -0.15) is 15.0 Å². The lowest BCUT2D eigenvalue weighted by Crippen LogP contribution is -2.30. The van der Waals surface area contributed by atoms with Gasteiger partial charge in [0.2, 0.25) is 0 Å². The molecule has 3 rings (SSSR count). The molecule has 0 spiro atoms. The quantitative estimate of drug-likeness (QED) is 0.509. The number of nitrogens with two attached hydrogens (primary N) is 1. The van der Waals surface area contributed by atoms with Crippen molar-refractivity contribution in [3.8, 4) is 5.69 Å². The molecule has 1 aromatic carbocycles. The molecular weight excluding hydrogens is 256 g/mol. The van der Waals surface area contributed by atoms with E-state index in [2.05, 4.69) is 25.9 Å². The maximum atomic E-state index is 5.62. The molecule has 0 radical (unpaired) electrons. The molecule has 0 saturated carbocycles. The molecule has 2 heterocycles. The Hall–Kier alpha value is -2.58. The second-order valence-electron chi connectivity index (χ2n) is 4.28. The largest absolute Gasteiger partial charge is 0.270 e. The number of para-hydroxylation sites is 1. The first-order chi connectivity index (χ1) is 9.79. The van der Waals surface area contributed by atoms with Crippen molar-refractivity contribution in [2.75, 3.05) is 0 Å². The van der Waals surface area contributed by atoms with E-state index in [1.165, 1.54) is 0 Å². The van der Waals surface area contributed by atoms with E-state index in [4.69, 9.17) is 5.84 Å². The molecule has 1 atom stereocenters. The van der Waals surface area contributed by atoms with Crippen LogP contribution in [-0.2, 0) is 7.05 Å². The van der Waals surface area contributed by atoms with Crippen LogP contribution in [0.25, 0.3) is 5.69 Å². The molecule has 3 aromatic rings. The van der Waals surface area contributed by atoms with Crippen molar-refractivity contribution in [1.82, 2.24) is 35.4 Å². The molecule has 0 aliphatic rings. The molecule has 0 amide bonds. The molecule has 20 heavy (non-hydrogen) atoms. The Bertz CT molecular complexity index is 686. The summed E-state index contributed by atoms with van der Waals surface area (Å²) in [4.78, 5) is 1.56. The van der Waals surface area contributed by atoms with Crippen molar-refractivity contribution < 1.29 is 0 Å². The molecule has 1 unspecified atom stereocenters. The summed E-state index contributed by atoms with van der Waals surface area (Å²) >= 11 is 0. The van der Waals surface area contributed by atoms with Gasteiger partial charge in [0.1, 0.15) is 11.7 Å². The standard InChI is InChI=1S/C12H14N8/c1-19-11(8-14-18-19)12(16-13)10-7-15-20(17-10)9-5-3-2-4-6-9/h2-8,12,16H,13H2,1H3. The van der Waals surface area contributed by atoms with Gasteiger partial charge in [0.05, 0.1) is 23.8 Å². The lowest BCUT2D eigenvalue weighted by atomic mass is 10.2. The Labute approximate surface area is 115 Å². The van der Waals surface area contributed by atoms with Crippen LogP contribution in [0.5, 0.6) is 0 Å². The Morgan fingerprint density at radius 1 is 1.20 bits per heavy atom. The topological polar surface area (TPSA) is 99.5 Å². The average Bonchev–Trinajstić information content (AvgIpc) is 3.12. The third kappa shape index (κ3) is 2.17. The van der Waals surface area contributed by atoms with Crippen LogP contribution in [0.1, 0.15) is 17.4 Å². The highest BCUT2D eigenvalue weighted by molar-refractivity contribution is 5.29. The zero-order valence-corrected chi connectivity index (χ0v) is 10.9. The normalized spacial score (nSPS) is 12.5. The van der Waals surface area contributed by atoms with Gasteiger partial charge >= 0.3 is 0 Å². The summed E-state index contributed by atoms with van der Waals surface area (Å²) < 4.78 is 1.64. The molecule has 3 N–H and O–H groups in total. The summed E-state index contributed by atoms with van der Waals surface area (Å²) in [6, 6.07) is 9.36. The third-order valence-electron chi connectivity index (χ3n) is 3.00. The van der Waals surface area contributed by atoms with Gasteiger partial charge in [-0.3, -0.25) is 10.5 Å². The number of hydrogen-bond acceptors (Lipinski definition) is 6. The molecule has 0 fully saturated rings. The number of nitrogens with one attached hydrogen (secondary N) is 1. The minimum atomic E-state index is -0.313. The third-order valence-corrected chi connectivity index (χ3v) is 3.00. The number of benzene rings is 1. The van der Waals surface area contributed by atoms with Gasteiger partial charge in [0.25, 0.3) is 0 Å². The van der Waals surface area contributed by atoms with Crippen molar-refractivity contribution in [1.29, 1.82) is 0 Å². The van der Waals surface area contributed by atoms with Crippen molar-refractivity contribution in [2.45, 2.75) is 6.04 Å². The van der Waals surface area contributed by atoms with E-state index in [9.17, 15) is 0 Å². The Morgan fingerprint density at radius 2 is 2.00 bits per heavy atom. The molecular formula is C12H14N8. The number of nitrogens with zero attached hydrogens (tertiary/aromatic N) is 6. The first-order valence-electron chi connectivity index (χ1n) is 6.08. The Kier molecular flexibility index (Phi) is 3.23. The molecule has 0 bridgehead atoms. The highest BCUT2D eigenvalue weighted by Gasteiger charge is 2.20. The van der Waals surface area contributed by atoms with E-state index in [1.807, 2.05) is 30.3 Å². The summed E-state index contributed by atoms with van der Waals surface area (Å²) in [6.07, 6.45) is 3.32. The van der Waals surface area contributed by atoms with Gasteiger partial charge < -0.3 is 0 Å². The highest BCUT2D eigenvalue weighted by Crippen LogP contribution is 2.17. The van der Waals surface area contributed by atoms with Gasteiger partial charge in [-0.05, 0) is 12.1 Å². The molecule has 0 saturated heterocycles. The zero-order valence-electron chi connectivity index (χ0n) is 10.9. The summed E-state index contributed by atoms with van der Waals surface area (Å²) in [5.74, 6) is 5.62. The molecule has 0 aliphatic heterocycles. The SMILES string of the molecule is Cn1nncc1C(NN)c1cnn(-c2ccccc2)n1. The van der Waals surface area contributed by atoms with Gasteiger partial charge in [-0.25, -0.2) is 5.43 Å². The average molecular weight is 270 g/mol. The summed E-state index contributed by atoms with van der Waals surface area (Å²) in [5, 5.41) is 16.4. The highest BCUT2D eigenvalue weighted by atomic mass is 15.5. The number of aryl methyl sites for hydroxylation is 1. The fourth-order valence-electron chi connectivity index (χ4n) is 1.97. The van der Waals surface area contributed by atoms with Gasteiger partial charge in [-0.15, -0.1) is 5.10 Å². The van der Waals surface area contributed by atoms with Crippen LogP contribution in [0.15, 0.2) is 42.7 Å². The summed E-state index contributed by atoms with van der Waals surface area (Å²) in [6.45, 7) is 0. The second-order valence-corrected chi connectivity index (χ2v) is 4.28. The van der Waals surface area contributed by atoms with E-state index in [0.717, 1.165) is 11.4 Å². The van der Waals surface area contributed by atoms with Crippen LogP contribution in [-0.4, -0.2) is 30.0 Å².